The van der Waals surface area contributed by atoms with Crippen LogP contribution in [-0.2, 0) is 0 Å². The van der Waals surface area contributed by atoms with Crippen molar-refractivity contribution in [1.82, 2.24) is 9.97 Å². The molecule has 90 valence electrons. The largest absolute Gasteiger partial charge is 0.494 e. The number of nitrogens with one attached hydrogen (secondary N) is 2. The summed E-state index contributed by atoms with van der Waals surface area (Å²) in [6.07, 6.45) is 0. The summed E-state index contributed by atoms with van der Waals surface area (Å²) >= 11 is 0. The molecular formula is C11H13FN4O. The molecule has 0 saturated carbocycles. The number of benzene rings is 1. The molecule has 5 nitrogen and oxygen atoms in total. The molecule has 0 saturated heterocycles. The lowest BCUT2D eigenvalue weighted by Gasteiger charge is -2.03. The second kappa shape index (κ2) is 4.42. The summed E-state index contributed by atoms with van der Waals surface area (Å²) in [5, 5.41) is 0. The molecule has 1 heterocycles. The lowest BCUT2D eigenvalue weighted by molar-refractivity contribution is 0.386. The topological polar surface area (TPSA) is 76.0 Å². The first-order valence-electron chi connectivity index (χ1n) is 5.03. The van der Waals surface area contributed by atoms with Crippen LogP contribution >= 0.6 is 0 Å². The van der Waals surface area contributed by atoms with Crippen LogP contribution in [0.5, 0.6) is 5.75 Å². The van der Waals surface area contributed by atoms with Crippen LogP contribution in [0.4, 0.5) is 10.3 Å². The van der Waals surface area contributed by atoms with Crippen LogP contribution in [0, 0.1) is 12.7 Å². The molecule has 0 bridgehead atoms. The fourth-order valence-electron chi connectivity index (χ4n) is 1.62. The zero-order chi connectivity index (χ0) is 12.4. The summed E-state index contributed by atoms with van der Waals surface area (Å²) in [5.41, 5.74) is 4.54. The van der Waals surface area contributed by atoms with E-state index < -0.39 is 5.82 Å². The van der Waals surface area contributed by atoms with Crippen LogP contribution < -0.4 is 16.0 Å². The quantitative estimate of drug-likeness (QED) is 0.561. The first kappa shape index (κ1) is 11.4. The summed E-state index contributed by atoms with van der Waals surface area (Å²) in [7, 11) is 1.42. The van der Waals surface area contributed by atoms with Crippen molar-refractivity contribution in [3.05, 3.63) is 29.7 Å². The monoisotopic (exact) mass is 236 g/mol. The molecule has 0 aliphatic carbocycles. The highest BCUT2D eigenvalue weighted by Gasteiger charge is 2.11. The number of methoxy groups -OCH3 is 1. The minimum absolute atomic E-state index is 0.208. The van der Waals surface area contributed by atoms with E-state index in [0.29, 0.717) is 17.2 Å². The van der Waals surface area contributed by atoms with Crippen molar-refractivity contribution in [1.29, 1.82) is 0 Å². The molecule has 6 heteroatoms. The number of hydrazine groups is 1. The van der Waals surface area contributed by atoms with Crippen molar-refractivity contribution in [2.45, 2.75) is 6.92 Å². The van der Waals surface area contributed by atoms with Crippen molar-refractivity contribution in [2.24, 2.45) is 5.84 Å². The molecule has 4 N–H and O–H groups in total. The van der Waals surface area contributed by atoms with E-state index in [0.717, 1.165) is 5.69 Å². The number of anilines is 1. The van der Waals surface area contributed by atoms with Gasteiger partial charge in [0.15, 0.2) is 11.6 Å². The van der Waals surface area contributed by atoms with Gasteiger partial charge in [-0.25, -0.2) is 15.2 Å². The summed E-state index contributed by atoms with van der Waals surface area (Å²) in [4.78, 5) is 7.14. The normalized spacial score (nSPS) is 10.4. The minimum Gasteiger partial charge on any atom is -0.494 e. The van der Waals surface area contributed by atoms with Gasteiger partial charge in [0.05, 0.1) is 12.8 Å². The number of H-pyrrole nitrogens is 1. The number of ether oxygens (including phenoxy) is 1. The van der Waals surface area contributed by atoms with Gasteiger partial charge in [0, 0.05) is 11.3 Å². The van der Waals surface area contributed by atoms with E-state index in [1.807, 2.05) is 6.92 Å². The Morgan fingerprint density at radius 2 is 2.24 bits per heavy atom. The van der Waals surface area contributed by atoms with Crippen molar-refractivity contribution in [2.75, 3.05) is 12.5 Å². The van der Waals surface area contributed by atoms with E-state index in [-0.39, 0.29) is 5.75 Å². The summed E-state index contributed by atoms with van der Waals surface area (Å²) in [5.74, 6) is 5.47. The lowest BCUT2D eigenvalue weighted by Crippen LogP contribution is -2.07. The Morgan fingerprint density at radius 1 is 1.47 bits per heavy atom. The van der Waals surface area contributed by atoms with E-state index in [2.05, 4.69) is 15.4 Å². The highest BCUT2D eigenvalue weighted by molar-refractivity contribution is 5.64. The number of hydrogen-bond donors (Lipinski definition) is 3. The third-order valence-electron chi connectivity index (χ3n) is 2.45. The van der Waals surface area contributed by atoms with Gasteiger partial charge in [0.1, 0.15) is 0 Å². The van der Waals surface area contributed by atoms with Gasteiger partial charge in [-0.3, -0.25) is 5.43 Å². The van der Waals surface area contributed by atoms with E-state index in [1.165, 1.54) is 13.2 Å². The van der Waals surface area contributed by atoms with Crippen LogP contribution in [0.3, 0.4) is 0 Å². The lowest BCUT2D eigenvalue weighted by atomic mass is 10.1. The van der Waals surface area contributed by atoms with Crippen molar-refractivity contribution in [3.63, 3.8) is 0 Å². The molecule has 0 aliphatic heterocycles. The maximum atomic E-state index is 13.6. The third kappa shape index (κ3) is 2.07. The number of aromatic nitrogens is 2. The fraction of sp³-hybridized carbons (Fsp3) is 0.182. The molecule has 2 aromatic rings. The van der Waals surface area contributed by atoms with Crippen LogP contribution in [0.25, 0.3) is 11.3 Å². The molecule has 0 aliphatic rings. The van der Waals surface area contributed by atoms with Gasteiger partial charge in [0.2, 0.25) is 5.95 Å². The minimum atomic E-state index is -0.422. The number of nitrogens with two attached hydrogens (primary N) is 1. The molecule has 17 heavy (non-hydrogen) atoms. The number of hydrogen-bond acceptors (Lipinski definition) is 4. The molecular weight excluding hydrogens is 223 g/mol. The number of imidazole rings is 1. The second-order valence-corrected chi connectivity index (χ2v) is 3.55. The number of aryl methyl sites for hydroxylation is 1. The Hall–Kier alpha value is -2.08. The predicted molar refractivity (Wildman–Crippen MR) is 63.1 cm³/mol. The Labute approximate surface area is 97.8 Å². The van der Waals surface area contributed by atoms with Crippen molar-refractivity contribution in [3.8, 4) is 17.0 Å². The number of halogens is 1. The zero-order valence-electron chi connectivity index (χ0n) is 9.54. The molecule has 0 atom stereocenters. The van der Waals surface area contributed by atoms with Crippen LogP contribution in [0.1, 0.15) is 5.69 Å². The molecule has 0 radical (unpaired) electrons. The Balaban J connectivity index is 2.45. The van der Waals surface area contributed by atoms with Gasteiger partial charge in [0.25, 0.3) is 0 Å². The summed E-state index contributed by atoms with van der Waals surface area (Å²) < 4.78 is 18.4. The average molecular weight is 236 g/mol. The first-order valence-corrected chi connectivity index (χ1v) is 5.03. The molecule has 2 rings (SSSR count). The van der Waals surface area contributed by atoms with Crippen molar-refractivity contribution < 1.29 is 9.13 Å². The zero-order valence-corrected chi connectivity index (χ0v) is 9.54. The van der Waals surface area contributed by atoms with Gasteiger partial charge in [-0.15, -0.1) is 0 Å². The van der Waals surface area contributed by atoms with E-state index in [9.17, 15) is 4.39 Å². The molecule has 0 spiro atoms. The number of nitrogens with zero attached hydrogens (tertiary/aromatic N) is 1. The van der Waals surface area contributed by atoms with Gasteiger partial charge in [-0.2, -0.15) is 0 Å². The average Bonchev–Trinajstić information content (AvgIpc) is 2.70. The smallest absolute Gasteiger partial charge is 0.215 e. The number of rotatable bonds is 3. The maximum absolute atomic E-state index is 13.6. The fourth-order valence-corrected chi connectivity index (χ4v) is 1.62. The third-order valence-corrected chi connectivity index (χ3v) is 2.45. The summed E-state index contributed by atoms with van der Waals surface area (Å²) in [6.45, 7) is 1.84. The molecule has 0 unspecified atom stereocenters. The maximum Gasteiger partial charge on any atom is 0.215 e. The molecule has 1 aromatic carbocycles. The number of nitrogen functional groups attached to an aromatic ring is 1. The van der Waals surface area contributed by atoms with Gasteiger partial charge >= 0.3 is 0 Å². The van der Waals surface area contributed by atoms with Gasteiger partial charge in [-0.1, -0.05) is 0 Å². The summed E-state index contributed by atoms with van der Waals surface area (Å²) in [6, 6.07) is 4.68. The molecule has 0 amide bonds. The van der Waals surface area contributed by atoms with Crippen LogP contribution in [0.15, 0.2) is 18.2 Å². The Kier molecular flexibility index (Phi) is 2.97. The standard InChI is InChI=1S/C11H13FN4O/c1-6-10(15-11(14-6)16-13)7-3-4-9(17-2)8(12)5-7/h3-5H,13H2,1-2H3,(H2,14,15,16). The highest BCUT2D eigenvalue weighted by Crippen LogP contribution is 2.27. The Bertz CT molecular complexity index is 538. The van der Waals surface area contributed by atoms with Crippen LogP contribution in [0.2, 0.25) is 0 Å². The Morgan fingerprint density at radius 3 is 2.76 bits per heavy atom. The van der Waals surface area contributed by atoms with Gasteiger partial charge in [-0.05, 0) is 25.1 Å². The van der Waals surface area contributed by atoms with E-state index >= 15 is 0 Å². The number of aromatic amines is 1. The van der Waals surface area contributed by atoms with Crippen molar-refractivity contribution >= 4 is 5.95 Å². The van der Waals surface area contributed by atoms with E-state index in [4.69, 9.17) is 10.6 Å². The van der Waals surface area contributed by atoms with Crippen LogP contribution in [-0.4, -0.2) is 17.1 Å². The second-order valence-electron chi connectivity index (χ2n) is 3.55. The SMILES string of the molecule is COc1ccc(-c2nc(NN)[nH]c2C)cc1F. The van der Waals surface area contributed by atoms with E-state index in [1.54, 1.807) is 12.1 Å². The molecule has 1 aromatic heterocycles. The first-order chi connectivity index (χ1) is 8.15. The van der Waals surface area contributed by atoms with Gasteiger partial charge < -0.3 is 9.72 Å². The molecule has 0 fully saturated rings. The highest BCUT2D eigenvalue weighted by atomic mass is 19.1. The predicted octanol–water partition coefficient (Wildman–Crippen LogP) is 1.82.